The summed E-state index contributed by atoms with van der Waals surface area (Å²) in [7, 11) is 0. The maximum absolute atomic E-state index is 5.01. The summed E-state index contributed by atoms with van der Waals surface area (Å²) in [6.07, 6.45) is 0.908. The molecular weight excluding hydrogens is 166 g/mol. The molecule has 2 heteroatoms. The third-order valence-corrected chi connectivity index (χ3v) is 1.89. The second kappa shape index (κ2) is 4.21. The Kier molecular flexibility index (Phi) is 3.23. The van der Waals surface area contributed by atoms with Gasteiger partial charge in [-0.05, 0) is 11.6 Å². The molecule has 1 nitrogen and oxygen atoms in total. The molecule has 0 bridgehead atoms. The van der Waals surface area contributed by atoms with E-state index in [1.165, 1.54) is 11.3 Å². The molecule has 0 saturated heterocycles. The maximum atomic E-state index is 5.01. The van der Waals surface area contributed by atoms with Gasteiger partial charge in [-0.1, -0.05) is 44.3 Å². The van der Waals surface area contributed by atoms with Crippen molar-refractivity contribution in [2.24, 2.45) is 0 Å². The molecule has 0 aromatic heterocycles. The molecule has 0 saturated carbocycles. The minimum atomic E-state index is 0. The molecule has 2 rings (SSSR count). The fourth-order valence-corrected chi connectivity index (χ4v) is 1.43. The van der Waals surface area contributed by atoms with Crippen molar-refractivity contribution >= 4 is 22.9 Å². The van der Waals surface area contributed by atoms with E-state index < -0.39 is 0 Å². The quantitative estimate of drug-likeness (QED) is 0.617. The first kappa shape index (κ1) is 9.20. The highest BCUT2D eigenvalue weighted by atomic mass is 32.1. The van der Waals surface area contributed by atoms with E-state index in [2.05, 4.69) is 17.4 Å². The van der Waals surface area contributed by atoms with Gasteiger partial charge in [0.05, 0.1) is 4.99 Å². The number of para-hydroxylation sites is 1. The highest BCUT2D eigenvalue weighted by Gasteiger charge is 2.11. The minimum Gasteiger partial charge on any atom is -0.350 e. The van der Waals surface area contributed by atoms with Crippen LogP contribution in [0.1, 0.15) is 20.8 Å². The Morgan fingerprint density at radius 3 is 2.67 bits per heavy atom. The van der Waals surface area contributed by atoms with Gasteiger partial charge in [0.1, 0.15) is 0 Å². The van der Waals surface area contributed by atoms with E-state index >= 15 is 0 Å². The lowest BCUT2D eigenvalue weighted by atomic mass is 10.2. The van der Waals surface area contributed by atoms with Gasteiger partial charge in [-0.15, -0.1) is 0 Å². The van der Waals surface area contributed by atoms with Crippen molar-refractivity contribution in [2.45, 2.75) is 20.3 Å². The van der Waals surface area contributed by atoms with Crippen LogP contribution in [0.4, 0.5) is 5.69 Å². The van der Waals surface area contributed by atoms with Gasteiger partial charge >= 0.3 is 0 Å². The molecule has 0 spiro atoms. The molecule has 1 aromatic rings. The second-order valence-electron chi connectivity index (χ2n) is 2.38. The average molecular weight is 181 g/mol. The van der Waals surface area contributed by atoms with Gasteiger partial charge in [0.25, 0.3) is 0 Å². The highest BCUT2D eigenvalue weighted by molar-refractivity contribution is 7.80. The largest absolute Gasteiger partial charge is 0.350 e. The Morgan fingerprint density at radius 1 is 1.33 bits per heavy atom. The van der Waals surface area contributed by atoms with Crippen LogP contribution < -0.4 is 5.32 Å². The zero-order chi connectivity index (χ0) is 8.97. The fourth-order valence-electron chi connectivity index (χ4n) is 1.16. The molecule has 1 N–H and O–H groups in total. The number of hydrogen-bond acceptors (Lipinski definition) is 1. The van der Waals surface area contributed by atoms with E-state index in [1.54, 1.807) is 0 Å². The molecule has 1 aliphatic rings. The summed E-state index contributed by atoms with van der Waals surface area (Å²) in [5.74, 6) is 0. The lowest BCUT2D eigenvalue weighted by Gasteiger charge is -1.94. The molecule has 12 heavy (non-hydrogen) atoms. The summed E-state index contributed by atoms with van der Waals surface area (Å²) in [5, 5.41) is 3.13. The van der Waals surface area contributed by atoms with Crippen LogP contribution in [0.25, 0.3) is 0 Å². The number of thiocarbonyl (C=S) groups is 1. The number of nitrogens with one attached hydrogen (secondary N) is 1. The minimum absolute atomic E-state index is 0. The molecule has 0 aliphatic carbocycles. The van der Waals surface area contributed by atoms with E-state index in [0.29, 0.717) is 0 Å². The number of fused-ring (bicyclic) bond motifs is 1. The van der Waals surface area contributed by atoms with Gasteiger partial charge in [0, 0.05) is 13.5 Å². The van der Waals surface area contributed by atoms with Gasteiger partial charge in [0.15, 0.2) is 0 Å². The van der Waals surface area contributed by atoms with Crippen molar-refractivity contribution in [3.05, 3.63) is 29.8 Å². The Balaban J connectivity index is 0.000000451. The summed E-state index contributed by atoms with van der Waals surface area (Å²) in [5.41, 5.74) is 2.49. The molecule has 0 radical (unpaired) electrons. The molecule has 66 valence electrons. The van der Waals surface area contributed by atoms with Crippen LogP contribution in [0.5, 0.6) is 0 Å². The first-order valence-electron chi connectivity index (χ1n) is 4.24. The first-order chi connectivity index (χ1) is 5.86. The fraction of sp³-hybridized carbons (Fsp3) is 0.300. The van der Waals surface area contributed by atoms with Gasteiger partial charge in [-0.25, -0.2) is 0 Å². The maximum Gasteiger partial charge on any atom is 0.0842 e. The van der Waals surface area contributed by atoms with Gasteiger partial charge in [-0.3, -0.25) is 0 Å². The first-order valence-corrected chi connectivity index (χ1v) is 4.65. The molecule has 1 aliphatic heterocycles. The number of benzene rings is 1. The van der Waals surface area contributed by atoms with Crippen LogP contribution in [0.2, 0.25) is 0 Å². The van der Waals surface area contributed by atoms with E-state index in [0.717, 1.165) is 11.4 Å². The second-order valence-corrected chi connectivity index (χ2v) is 2.87. The van der Waals surface area contributed by atoms with Gasteiger partial charge in [-0.2, -0.15) is 0 Å². The lowest BCUT2D eigenvalue weighted by molar-refractivity contribution is 1.43. The zero-order valence-electron chi connectivity index (χ0n) is 7.42. The zero-order valence-corrected chi connectivity index (χ0v) is 8.24. The average Bonchev–Trinajstić information content (AvgIpc) is 2.48. The summed E-state index contributed by atoms with van der Waals surface area (Å²) >= 11 is 5.01. The summed E-state index contributed by atoms with van der Waals surface area (Å²) in [4.78, 5) is 0.932. The van der Waals surface area contributed by atoms with Crippen molar-refractivity contribution < 1.29 is 1.43 Å². The van der Waals surface area contributed by atoms with Crippen molar-refractivity contribution in [2.75, 3.05) is 5.32 Å². The van der Waals surface area contributed by atoms with Gasteiger partial charge < -0.3 is 5.32 Å². The molecule has 0 unspecified atom stereocenters. The van der Waals surface area contributed by atoms with Crippen molar-refractivity contribution in [3.8, 4) is 0 Å². The molecule has 1 aromatic carbocycles. The van der Waals surface area contributed by atoms with E-state index in [1.807, 2.05) is 26.0 Å². The van der Waals surface area contributed by atoms with E-state index in [9.17, 15) is 0 Å². The lowest BCUT2D eigenvalue weighted by Crippen LogP contribution is -2.00. The Morgan fingerprint density at radius 2 is 2.00 bits per heavy atom. The number of anilines is 1. The van der Waals surface area contributed by atoms with Crippen LogP contribution in [-0.2, 0) is 6.42 Å². The van der Waals surface area contributed by atoms with Gasteiger partial charge in [0.2, 0.25) is 0 Å². The third-order valence-electron chi connectivity index (χ3n) is 1.64. The highest BCUT2D eigenvalue weighted by Crippen LogP contribution is 2.21. The smallest absolute Gasteiger partial charge is 0.0842 e. The molecule has 0 amide bonds. The summed E-state index contributed by atoms with van der Waals surface area (Å²) in [6.45, 7) is 4.00. The van der Waals surface area contributed by atoms with Crippen LogP contribution in [0.15, 0.2) is 24.3 Å². The SMILES string of the molecule is CC.S=C1Cc2ccccc2N1.[HH]. The predicted molar refractivity (Wildman–Crippen MR) is 59.8 cm³/mol. The normalized spacial score (nSPS) is 12.7. The van der Waals surface area contributed by atoms with Crippen molar-refractivity contribution in [1.82, 2.24) is 0 Å². The molecule has 1 heterocycles. The molecular formula is C10H15NS. The van der Waals surface area contributed by atoms with E-state index in [-0.39, 0.29) is 1.43 Å². The number of rotatable bonds is 0. The topological polar surface area (TPSA) is 12.0 Å². The monoisotopic (exact) mass is 181 g/mol. The number of hydrogen-bond donors (Lipinski definition) is 1. The Labute approximate surface area is 80.3 Å². The van der Waals surface area contributed by atoms with Crippen LogP contribution in [0.3, 0.4) is 0 Å². The Bertz CT molecular complexity index is 259. The van der Waals surface area contributed by atoms with E-state index in [4.69, 9.17) is 12.2 Å². The Hall–Kier alpha value is -0.890. The van der Waals surface area contributed by atoms with Crippen LogP contribution in [0, 0.1) is 0 Å². The summed E-state index contributed by atoms with van der Waals surface area (Å²) < 4.78 is 0. The molecule has 0 atom stereocenters. The third kappa shape index (κ3) is 1.83. The van der Waals surface area contributed by atoms with Crippen LogP contribution in [-0.4, -0.2) is 4.99 Å². The summed E-state index contributed by atoms with van der Waals surface area (Å²) in [6, 6.07) is 8.20. The predicted octanol–water partition coefficient (Wildman–Crippen LogP) is 3.25. The van der Waals surface area contributed by atoms with Crippen molar-refractivity contribution in [1.29, 1.82) is 0 Å². The van der Waals surface area contributed by atoms with Crippen LogP contribution >= 0.6 is 12.2 Å². The van der Waals surface area contributed by atoms with Crippen molar-refractivity contribution in [3.63, 3.8) is 0 Å². The molecule has 0 fully saturated rings. The standard InChI is InChI=1S/C8H7NS.C2H6.H2/c10-8-5-6-3-1-2-4-7(6)9-8;1-2;/h1-4H,5H2,(H,9,10);1-2H3;1H.